The second-order valence-electron chi connectivity index (χ2n) is 4.05. The third-order valence-electron chi connectivity index (χ3n) is 2.74. The summed E-state index contributed by atoms with van der Waals surface area (Å²) in [6, 6.07) is 5.29. The molecule has 1 aromatic carbocycles. The number of hydrogen-bond donors (Lipinski definition) is 0. The van der Waals surface area contributed by atoms with E-state index in [2.05, 4.69) is 0 Å². The summed E-state index contributed by atoms with van der Waals surface area (Å²) in [5, 5.41) is 0.859. The van der Waals surface area contributed by atoms with Gasteiger partial charge in [-0.3, -0.25) is 4.79 Å². The summed E-state index contributed by atoms with van der Waals surface area (Å²) in [6.45, 7) is 0.575. The van der Waals surface area contributed by atoms with E-state index in [1.807, 2.05) is 4.90 Å². The average molecular weight is 293 g/mol. The van der Waals surface area contributed by atoms with Crippen molar-refractivity contribution in [2.75, 3.05) is 12.4 Å². The standard InChI is InChI=1S/C12H12Cl3NO/c13-5-6-16(9-2-3-9)12(17)8-1-4-10(14)11(15)7-8/h1,4,7,9H,2-3,5-6H2. The molecule has 0 radical (unpaired) electrons. The van der Waals surface area contributed by atoms with Gasteiger partial charge >= 0.3 is 0 Å². The topological polar surface area (TPSA) is 20.3 Å². The predicted molar refractivity (Wildman–Crippen MR) is 71.2 cm³/mol. The van der Waals surface area contributed by atoms with Gasteiger partial charge in [-0.05, 0) is 31.0 Å². The minimum Gasteiger partial charge on any atom is -0.334 e. The lowest BCUT2D eigenvalue weighted by Crippen LogP contribution is -2.34. The minimum absolute atomic E-state index is 0.0216. The molecule has 0 aromatic heterocycles. The number of amides is 1. The highest BCUT2D eigenvalue weighted by molar-refractivity contribution is 6.42. The van der Waals surface area contributed by atoms with E-state index in [4.69, 9.17) is 34.8 Å². The molecule has 1 aliphatic carbocycles. The first-order valence-corrected chi connectivity index (χ1v) is 6.74. The van der Waals surface area contributed by atoms with Crippen LogP contribution in [0.4, 0.5) is 0 Å². The van der Waals surface area contributed by atoms with Gasteiger partial charge in [0.05, 0.1) is 10.0 Å². The fourth-order valence-corrected chi connectivity index (χ4v) is 2.20. The highest BCUT2D eigenvalue weighted by atomic mass is 35.5. The Morgan fingerprint density at radius 3 is 2.53 bits per heavy atom. The molecule has 0 saturated heterocycles. The maximum absolute atomic E-state index is 12.2. The molecule has 0 spiro atoms. The molecule has 92 valence electrons. The number of benzene rings is 1. The Morgan fingerprint density at radius 1 is 1.29 bits per heavy atom. The Morgan fingerprint density at radius 2 is 2.00 bits per heavy atom. The second kappa shape index (κ2) is 5.47. The maximum Gasteiger partial charge on any atom is 0.254 e. The molecule has 0 unspecified atom stereocenters. The molecule has 1 fully saturated rings. The largest absolute Gasteiger partial charge is 0.334 e. The second-order valence-corrected chi connectivity index (χ2v) is 5.24. The summed E-state index contributed by atoms with van der Waals surface area (Å²) < 4.78 is 0. The Balaban J connectivity index is 2.19. The van der Waals surface area contributed by atoms with Crippen molar-refractivity contribution >= 4 is 40.7 Å². The molecule has 0 atom stereocenters. The molecule has 0 N–H and O–H groups in total. The zero-order valence-corrected chi connectivity index (χ0v) is 11.4. The van der Waals surface area contributed by atoms with Crippen LogP contribution in [0.3, 0.4) is 0 Å². The lowest BCUT2D eigenvalue weighted by molar-refractivity contribution is 0.0753. The zero-order chi connectivity index (χ0) is 12.4. The van der Waals surface area contributed by atoms with Crippen molar-refractivity contribution in [3.05, 3.63) is 33.8 Å². The SMILES string of the molecule is O=C(c1ccc(Cl)c(Cl)c1)N(CCCl)C1CC1. The van der Waals surface area contributed by atoms with Gasteiger partial charge in [-0.2, -0.15) is 0 Å². The average Bonchev–Trinajstić information content (AvgIpc) is 3.13. The van der Waals surface area contributed by atoms with Crippen LogP contribution in [0.15, 0.2) is 18.2 Å². The molecule has 1 saturated carbocycles. The lowest BCUT2D eigenvalue weighted by atomic mass is 10.2. The van der Waals surface area contributed by atoms with E-state index in [1.165, 1.54) is 0 Å². The van der Waals surface area contributed by atoms with Crippen molar-refractivity contribution in [2.45, 2.75) is 18.9 Å². The molecule has 0 bridgehead atoms. The van der Waals surface area contributed by atoms with Gasteiger partial charge in [0, 0.05) is 24.0 Å². The molecule has 1 aliphatic rings. The predicted octanol–water partition coefficient (Wildman–Crippen LogP) is 3.84. The number of halogens is 3. The Hall–Kier alpha value is -0.440. The maximum atomic E-state index is 12.2. The number of carbonyl (C=O) groups is 1. The lowest BCUT2D eigenvalue weighted by Gasteiger charge is -2.21. The van der Waals surface area contributed by atoms with Crippen molar-refractivity contribution < 1.29 is 4.79 Å². The van der Waals surface area contributed by atoms with Crippen LogP contribution in [0.25, 0.3) is 0 Å². The summed E-state index contributed by atoms with van der Waals surface area (Å²) in [5.74, 6) is 0.426. The molecule has 17 heavy (non-hydrogen) atoms. The van der Waals surface area contributed by atoms with E-state index in [9.17, 15) is 4.79 Å². The van der Waals surface area contributed by atoms with Crippen molar-refractivity contribution in [1.82, 2.24) is 4.90 Å². The molecule has 0 aliphatic heterocycles. The summed E-state index contributed by atoms with van der Waals surface area (Å²) in [4.78, 5) is 14.1. The first kappa shape index (κ1) is 13.0. The molecule has 2 rings (SSSR count). The summed E-state index contributed by atoms with van der Waals surface area (Å²) in [5.41, 5.74) is 0.566. The smallest absolute Gasteiger partial charge is 0.254 e. The van der Waals surface area contributed by atoms with E-state index in [0.717, 1.165) is 12.8 Å². The number of hydrogen-bond acceptors (Lipinski definition) is 1. The molecule has 0 heterocycles. The molecular weight excluding hydrogens is 280 g/mol. The first-order valence-electron chi connectivity index (χ1n) is 5.45. The monoisotopic (exact) mass is 291 g/mol. The summed E-state index contributed by atoms with van der Waals surface area (Å²) in [7, 11) is 0. The number of alkyl halides is 1. The normalized spacial score (nSPS) is 14.8. The van der Waals surface area contributed by atoms with Crippen LogP contribution in [-0.2, 0) is 0 Å². The molecular formula is C12H12Cl3NO. The zero-order valence-electron chi connectivity index (χ0n) is 9.13. The molecule has 1 aromatic rings. The van der Waals surface area contributed by atoms with Gasteiger partial charge in [0.2, 0.25) is 0 Å². The Bertz CT molecular complexity index is 432. The minimum atomic E-state index is -0.0216. The molecule has 5 heteroatoms. The molecule has 2 nitrogen and oxygen atoms in total. The van der Waals surface area contributed by atoms with Crippen LogP contribution in [-0.4, -0.2) is 29.3 Å². The first-order chi connectivity index (χ1) is 8.13. The van der Waals surface area contributed by atoms with Crippen molar-refractivity contribution in [3.8, 4) is 0 Å². The van der Waals surface area contributed by atoms with E-state index in [0.29, 0.717) is 34.1 Å². The third-order valence-corrected chi connectivity index (χ3v) is 3.65. The Labute approximate surface area is 115 Å². The van der Waals surface area contributed by atoms with E-state index < -0.39 is 0 Å². The summed E-state index contributed by atoms with van der Waals surface area (Å²) in [6.07, 6.45) is 2.12. The highest BCUT2D eigenvalue weighted by Crippen LogP contribution is 2.29. The van der Waals surface area contributed by atoms with Crippen molar-refractivity contribution in [3.63, 3.8) is 0 Å². The van der Waals surface area contributed by atoms with Crippen LogP contribution < -0.4 is 0 Å². The number of carbonyl (C=O) groups excluding carboxylic acids is 1. The highest BCUT2D eigenvalue weighted by Gasteiger charge is 2.32. The quantitative estimate of drug-likeness (QED) is 0.772. The van der Waals surface area contributed by atoms with E-state index in [1.54, 1.807) is 18.2 Å². The van der Waals surface area contributed by atoms with Crippen LogP contribution in [0.1, 0.15) is 23.2 Å². The van der Waals surface area contributed by atoms with Crippen LogP contribution in [0.2, 0.25) is 10.0 Å². The van der Waals surface area contributed by atoms with Gasteiger partial charge in [0.1, 0.15) is 0 Å². The third kappa shape index (κ3) is 3.06. The van der Waals surface area contributed by atoms with Gasteiger partial charge in [-0.1, -0.05) is 23.2 Å². The van der Waals surface area contributed by atoms with Gasteiger partial charge in [-0.25, -0.2) is 0 Å². The van der Waals surface area contributed by atoms with Gasteiger partial charge in [0.25, 0.3) is 5.91 Å². The number of nitrogens with zero attached hydrogens (tertiary/aromatic N) is 1. The van der Waals surface area contributed by atoms with Gasteiger partial charge in [0.15, 0.2) is 0 Å². The summed E-state index contributed by atoms with van der Waals surface area (Å²) >= 11 is 17.4. The Kier molecular flexibility index (Phi) is 4.18. The number of rotatable bonds is 4. The van der Waals surface area contributed by atoms with E-state index in [-0.39, 0.29) is 5.91 Å². The van der Waals surface area contributed by atoms with Gasteiger partial charge in [-0.15, -0.1) is 11.6 Å². The van der Waals surface area contributed by atoms with E-state index >= 15 is 0 Å². The van der Waals surface area contributed by atoms with Crippen LogP contribution in [0.5, 0.6) is 0 Å². The fourth-order valence-electron chi connectivity index (χ4n) is 1.72. The van der Waals surface area contributed by atoms with Crippen molar-refractivity contribution in [1.29, 1.82) is 0 Å². The van der Waals surface area contributed by atoms with Crippen LogP contribution >= 0.6 is 34.8 Å². The fraction of sp³-hybridized carbons (Fsp3) is 0.417. The molecule has 1 amide bonds. The van der Waals surface area contributed by atoms with Crippen LogP contribution in [0, 0.1) is 0 Å². The van der Waals surface area contributed by atoms with Gasteiger partial charge < -0.3 is 4.90 Å². The van der Waals surface area contributed by atoms with Crippen molar-refractivity contribution in [2.24, 2.45) is 0 Å².